The summed E-state index contributed by atoms with van der Waals surface area (Å²) in [6.07, 6.45) is 0. The molecule has 0 spiro atoms. The molecule has 3 aromatic carbocycles. The first kappa shape index (κ1) is 19.6. The molecule has 3 aromatic heterocycles. The van der Waals surface area contributed by atoms with Gasteiger partial charge in [-0.25, -0.2) is 4.98 Å². The number of para-hydroxylation sites is 1. The number of rotatable bonds is 2. The van der Waals surface area contributed by atoms with Gasteiger partial charge >= 0.3 is 0 Å². The number of benzene rings is 3. The lowest BCUT2D eigenvalue weighted by Gasteiger charge is -2.21. The van der Waals surface area contributed by atoms with E-state index in [1.165, 1.54) is 22.1 Å². The van der Waals surface area contributed by atoms with Crippen LogP contribution in [0.5, 0.6) is 0 Å². The molecule has 0 aliphatic heterocycles. The first-order valence-corrected chi connectivity index (χ1v) is 11.9. The smallest absolute Gasteiger partial charge is 0.227 e. The van der Waals surface area contributed by atoms with Gasteiger partial charge in [0, 0.05) is 38.3 Å². The van der Waals surface area contributed by atoms with Crippen molar-refractivity contribution in [3.63, 3.8) is 0 Å². The molecule has 1 aliphatic carbocycles. The van der Waals surface area contributed by atoms with Crippen LogP contribution in [0.25, 0.3) is 55.6 Å². The average Bonchev–Trinajstić information content (AvgIpc) is 3.47. The van der Waals surface area contributed by atoms with Crippen LogP contribution in [0.2, 0.25) is 0 Å². The number of pyridine rings is 1. The molecular formula is C31H25NO2. The minimum absolute atomic E-state index is 0.149. The van der Waals surface area contributed by atoms with Crippen molar-refractivity contribution in [3.05, 3.63) is 89.5 Å². The second-order valence-corrected chi connectivity index (χ2v) is 10.2. The van der Waals surface area contributed by atoms with Crippen molar-refractivity contribution >= 4 is 33.0 Å². The van der Waals surface area contributed by atoms with Crippen LogP contribution in [0.4, 0.5) is 0 Å². The molecule has 3 heteroatoms. The van der Waals surface area contributed by atoms with E-state index in [1.807, 2.05) is 6.07 Å². The maximum atomic E-state index is 6.45. The zero-order valence-electron chi connectivity index (χ0n) is 19.8. The van der Waals surface area contributed by atoms with Crippen molar-refractivity contribution in [3.8, 4) is 22.6 Å². The lowest BCUT2D eigenvalue weighted by molar-refractivity contribution is 0.619. The van der Waals surface area contributed by atoms with E-state index >= 15 is 0 Å². The van der Waals surface area contributed by atoms with E-state index in [2.05, 4.69) is 94.4 Å². The number of furan rings is 2. The molecule has 1 aliphatic rings. The summed E-state index contributed by atoms with van der Waals surface area (Å²) in [5.41, 5.74) is 9.30. The number of aromatic nitrogens is 1. The highest BCUT2D eigenvalue weighted by Gasteiger charge is 2.41. The van der Waals surface area contributed by atoms with Gasteiger partial charge in [-0.15, -0.1) is 0 Å². The first-order chi connectivity index (χ1) is 16.4. The van der Waals surface area contributed by atoms with Gasteiger partial charge in [-0.3, -0.25) is 0 Å². The molecule has 6 aromatic rings. The normalized spacial score (nSPS) is 14.4. The fourth-order valence-electron chi connectivity index (χ4n) is 5.69. The molecule has 0 radical (unpaired) electrons. The summed E-state index contributed by atoms with van der Waals surface area (Å²) in [7, 11) is 0. The molecule has 0 atom stereocenters. The van der Waals surface area contributed by atoms with Crippen molar-refractivity contribution in [1.29, 1.82) is 0 Å². The number of nitrogens with zero attached hydrogens (tertiary/aromatic N) is 1. The highest BCUT2D eigenvalue weighted by atomic mass is 16.3. The maximum absolute atomic E-state index is 6.45. The van der Waals surface area contributed by atoms with Gasteiger partial charge in [0.05, 0.1) is 5.69 Å². The Hall–Kier alpha value is -3.85. The van der Waals surface area contributed by atoms with Crippen molar-refractivity contribution < 1.29 is 8.83 Å². The highest BCUT2D eigenvalue weighted by molar-refractivity contribution is 6.05. The van der Waals surface area contributed by atoms with E-state index in [0.717, 1.165) is 44.5 Å². The van der Waals surface area contributed by atoms with Crippen molar-refractivity contribution in [2.75, 3.05) is 0 Å². The van der Waals surface area contributed by atoms with E-state index in [4.69, 9.17) is 13.8 Å². The summed E-state index contributed by atoms with van der Waals surface area (Å²) in [5.74, 6) is 1.43. The summed E-state index contributed by atoms with van der Waals surface area (Å²) in [4.78, 5) is 5.00. The predicted octanol–water partition coefficient (Wildman–Crippen LogP) is 8.82. The van der Waals surface area contributed by atoms with Crippen molar-refractivity contribution in [2.24, 2.45) is 0 Å². The van der Waals surface area contributed by atoms with E-state index in [-0.39, 0.29) is 5.41 Å². The third kappa shape index (κ3) is 2.50. The minimum atomic E-state index is -0.149. The van der Waals surface area contributed by atoms with Gasteiger partial charge in [0.2, 0.25) is 5.71 Å². The molecule has 0 saturated carbocycles. The molecule has 0 N–H and O–H groups in total. The number of hydrogen-bond acceptors (Lipinski definition) is 3. The summed E-state index contributed by atoms with van der Waals surface area (Å²) in [6, 6.07) is 25.5. The molecule has 7 rings (SSSR count). The third-order valence-electron chi connectivity index (χ3n) is 7.49. The zero-order chi connectivity index (χ0) is 23.2. The number of fused-ring (bicyclic) bond motifs is 8. The van der Waals surface area contributed by atoms with E-state index in [0.29, 0.717) is 11.6 Å². The standard InChI is InChI=1S/C31H25NO2/c1-17(2)18-12-15-26-22(16-18)19-13-14-24(32-30(19)34-26)20-9-7-10-23-27(20)29-28(31(23,3)4)21-8-5-6-11-25(21)33-29/h5-17H,1-4H3. The maximum Gasteiger partial charge on any atom is 0.227 e. The van der Waals surface area contributed by atoms with Crippen LogP contribution in [-0.4, -0.2) is 4.98 Å². The Balaban J connectivity index is 1.47. The van der Waals surface area contributed by atoms with Crippen LogP contribution in [0.3, 0.4) is 0 Å². The molecular weight excluding hydrogens is 418 g/mol. The quantitative estimate of drug-likeness (QED) is 0.268. The first-order valence-electron chi connectivity index (χ1n) is 11.9. The molecule has 34 heavy (non-hydrogen) atoms. The Bertz CT molecular complexity index is 1760. The van der Waals surface area contributed by atoms with Crippen LogP contribution < -0.4 is 0 Å². The van der Waals surface area contributed by atoms with Crippen LogP contribution in [-0.2, 0) is 5.41 Å². The molecule has 0 fully saturated rings. The average molecular weight is 444 g/mol. The zero-order valence-corrected chi connectivity index (χ0v) is 19.8. The molecule has 0 unspecified atom stereocenters. The summed E-state index contributed by atoms with van der Waals surface area (Å²) < 4.78 is 12.6. The fourth-order valence-corrected chi connectivity index (χ4v) is 5.69. The Kier molecular flexibility index (Phi) is 3.81. The Morgan fingerprint density at radius 2 is 1.59 bits per heavy atom. The molecule has 3 nitrogen and oxygen atoms in total. The summed E-state index contributed by atoms with van der Waals surface area (Å²) in [5, 5.41) is 3.36. The minimum Gasteiger partial charge on any atom is -0.456 e. The highest BCUT2D eigenvalue weighted by Crippen LogP contribution is 2.55. The third-order valence-corrected chi connectivity index (χ3v) is 7.49. The summed E-state index contributed by atoms with van der Waals surface area (Å²) in [6.45, 7) is 8.99. The van der Waals surface area contributed by atoms with Crippen LogP contribution >= 0.6 is 0 Å². The largest absolute Gasteiger partial charge is 0.456 e. The van der Waals surface area contributed by atoms with Gasteiger partial charge in [0.1, 0.15) is 16.9 Å². The van der Waals surface area contributed by atoms with Crippen molar-refractivity contribution in [2.45, 2.75) is 39.0 Å². The molecule has 3 heterocycles. The van der Waals surface area contributed by atoms with Gasteiger partial charge in [0.15, 0.2) is 0 Å². The van der Waals surface area contributed by atoms with Gasteiger partial charge in [-0.2, -0.15) is 0 Å². The monoisotopic (exact) mass is 443 g/mol. The van der Waals surface area contributed by atoms with Crippen molar-refractivity contribution in [1.82, 2.24) is 4.98 Å². The topological polar surface area (TPSA) is 39.2 Å². The van der Waals surface area contributed by atoms with Crippen LogP contribution in [0, 0.1) is 0 Å². The SMILES string of the molecule is CC(C)c1ccc2oc3nc(-c4cccc5c4-c4oc6ccccc6c4C5(C)C)ccc3c2c1. The molecule has 0 saturated heterocycles. The predicted molar refractivity (Wildman–Crippen MR) is 138 cm³/mol. The van der Waals surface area contributed by atoms with Gasteiger partial charge < -0.3 is 8.83 Å². The Labute approximate surface area is 198 Å². The fraction of sp³-hybridized carbons (Fsp3) is 0.194. The second kappa shape index (κ2) is 6.60. The van der Waals surface area contributed by atoms with E-state index in [9.17, 15) is 0 Å². The van der Waals surface area contributed by atoms with E-state index in [1.54, 1.807) is 0 Å². The van der Waals surface area contributed by atoms with Gasteiger partial charge in [0.25, 0.3) is 0 Å². The molecule has 0 amide bonds. The lowest BCUT2D eigenvalue weighted by atomic mass is 9.81. The Morgan fingerprint density at radius 1 is 0.765 bits per heavy atom. The molecule has 0 bridgehead atoms. The Morgan fingerprint density at radius 3 is 2.44 bits per heavy atom. The van der Waals surface area contributed by atoms with Gasteiger partial charge in [-0.1, -0.05) is 70.2 Å². The van der Waals surface area contributed by atoms with E-state index < -0.39 is 0 Å². The van der Waals surface area contributed by atoms with Crippen LogP contribution in [0.15, 0.2) is 81.6 Å². The lowest BCUT2D eigenvalue weighted by Crippen LogP contribution is -2.14. The molecule has 166 valence electrons. The van der Waals surface area contributed by atoms with Crippen LogP contribution in [0.1, 0.15) is 50.3 Å². The second-order valence-electron chi connectivity index (χ2n) is 10.2. The number of hydrogen-bond donors (Lipinski definition) is 0. The summed E-state index contributed by atoms with van der Waals surface area (Å²) >= 11 is 0. The van der Waals surface area contributed by atoms with Gasteiger partial charge in [-0.05, 0) is 47.4 Å².